The molecule has 1 aliphatic carbocycles. The van der Waals surface area contributed by atoms with Gasteiger partial charge in [-0.05, 0) is 25.8 Å². The van der Waals surface area contributed by atoms with Gasteiger partial charge in [0.25, 0.3) is 0 Å². The summed E-state index contributed by atoms with van der Waals surface area (Å²) in [6, 6.07) is 7.77. The van der Waals surface area contributed by atoms with E-state index < -0.39 is 23.1 Å². The molecule has 0 saturated heterocycles. The molecule has 9 heteroatoms. The molecule has 2 aromatic heterocycles. The van der Waals surface area contributed by atoms with Crippen LogP contribution < -0.4 is 5.32 Å². The first-order valence-electron chi connectivity index (χ1n) is 8.65. The van der Waals surface area contributed by atoms with E-state index in [1.165, 1.54) is 0 Å². The van der Waals surface area contributed by atoms with E-state index in [1.54, 1.807) is 31.2 Å². The molecule has 0 radical (unpaired) electrons. The van der Waals surface area contributed by atoms with Gasteiger partial charge in [-0.3, -0.25) is 0 Å². The molecule has 1 aromatic carbocycles. The molecule has 3 aromatic rings. The van der Waals surface area contributed by atoms with Crippen LogP contribution in [-0.4, -0.2) is 37.0 Å². The molecule has 4 rings (SSSR count). The highest BCUT2D eigenvalue weighted by atomic mass is 19.4. The number of halogens is 3. The maximum atomic E-state index is 12.8. The maximum Gasteiger partial charge on any atom is 0.418 e. The third-order valence-electron chi connectivity index (χ3n) is 4.82. The van der Waals surface area contributed by atoms with E-state index >= 15 is 0 Å². The average Bonchev–Trinajstić information content (AvgIpc) is 2.60. The zero-order valence-electron chi connectivity index (χ0n) is 14.8. The van der Waals surface area contributed by atoms with Gasteiger partial charge >= 0.3 is 6.18 Å². The standard InChI is InChI=1S/C19H17F3N4O2/c1-18(28)7-11(8-18)24-17-13-5-3-2-4-12(13)15(25-26-17)16-14(27)6-10(9-23-16)19(20,21)22/h2-6,9,11,27-28H,7-8H2,1H3,(H,24,26). The normalized spacial score (nSPS) is 22.1. The minimum Gasteiger partial charge on any atom is -0.506 e. The molecular formula is C19H17F3N4O2. The summed E-state index contributed by atoms with van der Waals surface area (Å²) in [6.07, 6.45) is -2.79. The van der Waals surface area contributed by atoms with Crippen LogP contribution in [0.25, 0.3) is 22.2 Å². The molecule has 0 aliphatic heterocycles. The van der Waals surface area contributed by atoms with E-state index in [-0.39, 0.29) is 17.4 Å². The Morgan fingerprint density at radius 2 is 1.79 bits per heavy atom. The van der Waals surface area contributed by atoms with Crippen LogP contribution in [0.5, 0.6) is 5.75 Å². The summed E-state index contributed by atoms with van der Waals surface area (Å²) in [5.74, 6) is -0.115. The van der Waals surface area contributed by atoms with Crippen molar-refractivity contribution in [3.63, 3.8) is 0 Å². The molecule has 146 valence electrons. The van der Waals surface area contributed by atoms with Gasteiger partial charge in [-0.15, -0.1) is 10.2 Å². The quantitative estimate of drug-likeness (QED) is 0.631. The number of aromatic hydroxyl groups is 1. The molecular weight excluding hydrogens is 373 g/mol. The van der Waals surface area contributed by atoms with Crippen LogP contribution >= 0.6 is 0 Å². The first-order valence-corrected chi connectivity index (χ1v) is 8.65. The van der Waals surface area contributed by atoms with E-state index in [2.05, 4.69) is 20.5 Å². The highest BCUT2D eigenvalue weighted by Crippen LogP contribution is 2.38. The number of nitrogens with zero attached hydrogens (tertiary/aromatic N) is 3. The molecule has 0 atom stereocenters. The first-order chi connectivity index (χ1) is 13.1. The monoisotopic (exact) mass is 390 g/mol. The molecule has 1 saturated carbocycles. The lowest BCUT2D eigenvalue weighted by Crippen LogP contribution is -2.48. The van der Waals surface area contributed by atoms with Gasteiger partial charge in [0, 0.05) is 23.0 Å². The number of nitrogens with one attached hydrogen (secondary N) is 1. The van der Waals surface area contributed by atoms with Crippen LogP contribution in [0.3, 0.4) is 0 Å². The van der Waals surface area contributed by atoms with Crippen molar-refractivity contribution in [2.45, 2.75) is 37.6 Å². The molecule has 0 amide bonds. The number of hydrogen-bond donors (Lipinski definition) is 3. The number of fused-ring (bicyclic) bond motifs is 1. The van der Waals surface area contributed by atoms with Crippen molar-refractivity contribution in [1.82, 2.24) is 15.2 Å². The second-order valence-corrected chi connectivity index (χ2v) is 7.28. The van der Waals surface area contributed by atoms with Crippen molar-refractivity contribution >= 4 is 16.6 Å². The number of anilines is 1. The number of aliphatic hydroxyl groups is 1. The van der Waals surface area contributed by atoms with Gasteiger partial charge < -0.3 is 15.5 Å². The fourth-order valence-corrected chi connectivity index (χ4v) is 3.47. The summed E-state index contributed by atoms with van der Waals surface area (Å²) in [5.41, 5.74) is -1.62. The molecule has 2 heterocycles. The topological polar surface area (TPSA) is 91.2 Å². The van der Waals surface area contributed by atoms with Crippen LogP contribution in [-0.2, 0) is 6.18 Å². The smallest absolute Gasteiger partial charge is 0.418 e. The van der Waals surface area contributed by atoms with Crippen LogP contribution in [0, 0.1) is 0 Å². The lowest BCUT2D eigenvalue weighted by Gasteiger charge is -2.41. The summed E-state index contributed by atoms with van der Waals surface area (Å²) < 4.78 is 38.5. The third kappa shape index (κ3) is 3.33. The summed E-state index contributed by atoms with van der Waals surface area (Å²) in [6.45, 7) is 1.76. The summed E-state index contributed by atoms with van der Waals surface area (Å²) in [5, 5.41) is 32.8. The fraction of sp³-hybridized carbons (Fsp3) is 0.316. The predicted octanol–water partition coefficient (Wildman–Crippen LogP) is 3.74. The number of pyridine rings is 1. The van der Waals surface area contributed by atoms with E-state index in [1.807, 2.05) is 0 Å². The van der Waals surface area contributed by atoms with Crippen molar-refractivity contribution in [3.8, 4) is 17.1 Å². The van der Waals surface area contributed by atoms with Crippen molar-refractivity contribution in [3.05, 3.63) is 42.1 Å². The zero-order chi connectivity index (χ0) is 20.1. The fourth-order valence-electron chi connectivity index (χ4n) is 3.47. The number of benzene rings is 1. The number of aromatic nitrogens is 3. The first kappa shape index (κ1) is 18.4. The Bertz CT molecular complexity index is 1050. The SMILES string of the molecule is CC1(O)CC(Nc2nnc(-c3ncc(C(F)(F)F)cc3O)c3ccccc23)C1. The van der Waals surface area contributed by atoms with E-state index in [0.29, 0.717) is 41.7 Å². The molecule has 6 nitrogen and oxygen atoms in total. The summed E-state index contributed by atoms with van der Waals surface area (Å²) in [4.78, 5) is 3.78. The Morgan fingerprint density at radius 3 is 2.39 bits per heavy atom. The van der Waals surface area contributed by atoms with Gasteiger partial charge in [-0.1, -0.05) is 24.3 Å². The predicted molar refractivity (Wildman–Crippen MR) is 96.7 cm³/mol. The van der Waals surface area contributed by atoms with Gasteiger partial charge in [0.1, 0.15) is 17.1 Å². The lowest BCUT2D eigenvalue weighted by molar-refractivity contribution is -0.137. The Kier molecular flexibility index (Phi) is 4.15. The van der Waals surface area contributed by atoms with Crippen LogP contribution in [0.15, 0.2) is 36.5 Å². The molecule has 0 unspecified atom stereocenters. The Hall–Kier alpha value is -2.94. The molecule has 1 fully saturated rings. The maximum absolute atomic E-state index is 12.8. The Morgan fingerprint density at radius 1 is 1.11 bits per heavy atom. The molecule has 3 N–H and O–H groups in total. The van der Waals surface area contributed by atoms with Crippen molar-refractivity contribution in [2.75, 3.05) is 5.32 Å². The van der Waals surface area contributed by atoms with Crippen molar-refractivity contribution in [2.24, 2.45) is 0 Å². The lowest BCUT2D eigenvalue weighted by atomic mass is 9.77. The van der Waals surface area contributed by atoms with Gasteiger partial charge in [0.05, 0.1) is 11.2 Å². The van der Waals surface area contributed by atoms with Crippen LogP contribution in [0.2, 0.25) is 0 Å². The van der Waals surface area contributed by atoms with Crippen LogP contribution in [0.1, 0.15) is 25.3 Å². The van der Waals surface area contributed by atoms with Crippen molar-refractivity contribution < 1.29 is 23.4 Å². The second kappa shape index (κ2) is 6.30. The summed E-state index contributed by atoms with van der Waals surface area (Å²) in [7, 11) is 0. The average molecular weight is 390 g/mol. The van der Waals surface area contributed by atoms with E-state index in [0.717, 1.165) is 0 Å². The molecule has 0 spiro atoms. The largest absolute Gasteiger partial charge is 0.506 e. The highest BCUT2D eigenvalue weighted by molar-refractivity contribution is 6.00. The van der Waals surface area contributed by atoms with Gasteiger partial charge in [0.15, 0.2) is 5.82 Å². The Balaban J connectivity index is 1.74. The van der Waals surface area contributed by atoms with E-state index in [4.69, 9.17) is 0 Å². The summed E-state index contributed by atoms with van der Waals surface area (Å²) >= 11 is 0. The second-order valence-electron chi connectivity index (χ2n) is 7.28. The van der Waals surface area contributed by atoms with Gasteiger partial charge in [-0.25, -0.2) is 4.98 Å². The zero-order valence-corrected chi connectivity index (χ0v) is 14.8. The third-order valence-corrected chi connectivity index (χ3v) is 4.82. The van der Waals surface area contributed by atoms with Crippen molar-refractivity contribution in [1.29, 1.82) is 0 Å². The number of alkyl halides is 3. The molecule has 28 heavy (non-hydrogen) atoms. The minimum absolute atomic E-state index is 0.0520. The van der Waals surface area contributed by atoms with Gasteiger partial charge in [-0.2, -0.15) is 13.2 Å². The Labute approximate surface area is 158 Å². The van der Waals surface area contributed by atoms with Gasteiger partial charge in [0.2, 0.25) is 0 Å². The minimum atomic E-state index is -4.60. The molecule has 0 bridgehead atoms. The van der Waals surface area contributed by atoms with Crippen LogP contribution in [0.4, 0.5) is 19.0 Å². The highest BCUT2D eigenvalue weighted by Gasteiger charge is 2.38. The van der Waals surface area contributed by atoms with E-state index in [9.17, 15) is 23.4 Å². The number of hydrogen-bond acceptors (Lipinski definition) is 6. The molecule has 1 aliphatic rings. The number of rotatable bonds is 3.